The molecule has 1 amide bonds. The minimum Gasteiger partial charge on any atom is -0.289 e. The monoisotopic (exact) mass is 202 g/mol. The highest BCUT2D eigenvalue weighted by atomic mass is 79.9. The van der Waals surface area contributed by atoms with E-state index < -0.39 is 0 Å². The fourth-order valence-electron chi connectivity index (χ4n) is 0.639. The van der Waals surface area contributed by atoms with E-state index in [1.165, 1.54) is 0 Å². The molecule has 0 aliphatic carbocycles. The molecule has 0 atom stereocenters. The molecule has 0 bridgehead atoms. The maximum Gasteiger partial charge on any atom is 0.225 e. The fourth-order valence-corrected chi connectivity index (χ4v) is 0.902. The average molecular weight is 203 g/mol. The van der Waals surface area contributed by atoms with Crippen molar-refractivity contribution in [3.8, 4) is 0 Å². The molecule has 0 saturated carbocycles. The Morgan fingerprint density at radius 3 is 3.10 bits per heavy atom. The van der Waals surface area contributed by atoms with Crippen molar-refractivity contribution in [2.24, 2.45) is 0 Å². The van der Waals surface area contributed by atoms with Crippen LogP contribution in [0.1, 0.15) is 0 Å². The van der Waals surface area contributed by atoms with Gasteiger partial charge in [-0.2, -0.15) is 0 Å². The van der Waals surface area contributed by atoms with Crippen LogP contribution in [0.2, 0.25) is 0 Å². The van der Waals surface area contributed by atoms with Crippen molar-refractivity contribution < 1.29 is 4.79 Å². The average Bonchev–Trinajstić information content (AvgIpc) is 1.95. The molecule has 0 spiro atoms. The summed E-state index contributed by atoms with van der Waals surface area (Å²) in [6, 6.07) is 0. The second-order valence-corrected chi connectivity index (χ2v) is 2.72. The molecule has 0 fully saturated rings. The van der Waals surface area contributed by atoms with Crippen LogP contribution in [0.25, 0.3) is 0 Å². The van der Waals surface area contributed by atoms with Gasteiger partial charge >= 0.3 is 0 Å². The van der Waals surface area contributed by atoms with Crippen LogP contribution in [0.3, 0.4) is 0 Å². The van der Waals surface area contributed by atoms with E-state index in [2.05, 4.69) is 21.4 Å². The van der Waals surface area contributed by atoms with Crippen LogP contribution in [-0.4, -0.2) is 18.0 Å². The van der Waals surface area contributed by atoms with Gasteiger partial charge in [-0.1, -0.05) is 15.9 Å². The third kappa shape index (κ3) is 1.88. The molecule has 4 heteroatoms. The van der Waals surface area contributed by atoms with E-state index in [4.69, 9.17) is 0 Å². The van der Waals surface area contributed by atoms with Gasteiger partial charge in [0, 0.05) is 10.7 Å². The molecule has 0 radical (unpaired) electrons. The Hall–Kier alpha value is -0.770. The largest absolute Gasteiger partial charge is 0.289 e. The van der Waals surface area contributed by atoms with Gasteiger partial charge in [-0.3, -0.25) is 15.2 Å². The van der Waals surface area contributed by atoms with Crippen molar-refractivity contribution in [2.75, 3.05) is 6.54 Å². The predicted molar refractivity (Wildman–Crippen MR) is 42.1 cm³/mol. The number of nitrogens with zero attached hydrogens (tertiary/aromatic N) is 1. The number of hydrazine groups is 1. The lowest BCUT2D eigenvalue weighted by molar-refractivity contribution is -0.112. The van der Waals surface area contributed by atoms with Gasteiger partial charge in [-0.05, 0) is 12.2 Å². The van der Waals surface area contributed by atoms with Crippen LogP contribution in [0, 0.1) is 0 Å². The standard InChI is InChI=1S/C6H7BrN2O/c7-6-1-3-9(4-2-6)8-5-10/h1-3,5H,4H2,(H,8,10). The maximum absolute atomic E-state index is 9.94. The summed E-state index contributed by atoms with van der Waals surface area (Å²) in [4.78, 5) is 9.94. The third-order valence-electron chi connectivity index (χ3n) is 1.12. The number of nitrogens with one attached hydrogen (secondary N) is 1. The van der Waals surface area contributed by atoms with Gasteiger partial charge in [0.15, 0.2) is 0 Å². The van der Waals surface area contributed by atoms with Gasteiger partial charge in [0.2, 0.25) is 6.41 Å². The Balaban J connectivity index is 2.44. The summed E-state index contributed by atoms with van der Waals surface area (Å²) in [7, 11) is 0. The lowest BCUT2D eigenvalue weighted by Crippen LogP contribution is -2.33. The molecule has 0 aromatic rings. The Labute approximate surface area is 67.5 Å². The minimum absolute atomic E-state index is 0.650. The number of rotatable bonds is 2. The molecule has 3 nitrogen and oxygen atoms in total. The van der Waals surface area contributed by atoms with Crippen LogP contribution in [0.4, 0.5) is 0 Å². The molecular formula is C6H7BrN2O. The molecule has 10 heavy (non-hydrogen) atoms. The number of carbonyl (C=O) groups excluding carboxylic acids is 1. The van der Waals surface area contributed by atoms with Gasteiger partial charge in [0.1, 0.15) is 0 Å². The van der Waals surface area contributed by atoms with Crippen LogP contribution >= 0.6 is 15.9 Å². The number of carbonyl (C=O) groups is 1. The second kappa shape index (κ2) is 3.41. The van der Waals surface area contributed by atoms with Crippen LogP contribution in [0.5, 0.6) is 0 Å². The summed E-state index contributed by atoms with van der Waals surface area (Å²) in [5, 5.41) is 1.68. The molecule has 1 aliphatic heterocycles. The molecule has 0 unspecified atom stereocenters. The topological polar surface area (TPSA) is 32.3 Å². The van der Waals surface area contributed by atoms with Crippen molar-refractivity contribution in [1.82, 2.24) is 10.4 Å². The maximum atomic E-state index is 9.94. The lowest BCUT2D eigenvalue weighted by atomic mass is 10.4. The quantitative estimate of drug-likeness (QED) is 0.671. The van der Waals surface area contributed by atoms with Crippen molar-refractivity contribution >= 4 is 22.3 Å². The fraction of sp³-hybridized carbons (Fsp3) is 0.167. The normalized spacial score (nSPS) is 16.5. The summed E-state index contributed by atoms with van der Waals surface area (Å²) in [6.07, 6.45) is 6.26. The second-order valence-electron chi connectivity index (χ2n) is 1.80. The molecular weight excluding hydrogens is 196 g/mol. The van der Waals surface area contributed by atoms with E-state index in [1.54, 1.807) is 11.2 Å². The molecule has 1 N–H and O–H groups in total. The summed E-state index contributed by atoms with van der Waals surface area (Å²) in [5.41, 5.74) is 2.51. The molecule has 54 valence electrons. The number of halogens is 1. The number of allylic oxidation sites excluding steroid dienone is 2. The summed E-state index contributed by atoms with van der Waals surface area (Å²) in [5.74, 6) is 0. The first-order valence-corrected chi connectivity index (χ1v) is 3.62. The highest BCUT2D eigenvalue weighted by Crippen LogP contribution is 2.10. The third-order valence-corrected chi connectivity index (χ3v) is 1.70. The first-order chi connectivity index (χ1) is 4.83. The van der Waals surface area contributed by atoms with Gasteiger partial charge in [0.05, 0.1) is 6.54 Å². The van der Waals surface area contributed by atoms with E-state index in [-0.39, 0.29) is 0 Å². The van der Waals surface area contributed by atoms with Gasteiger partial charge < -0.3 is 0 Å². The van der Waals surface area contributed by atoms with Crippen molar-refractivity contribution in [1.29, 1.82) is 0 Å². The van der Waals surface area contributed by atoms with Crippen molar-refractivity contribution in [3.63, 3.8) is 0 Å². The zero-order valence-electron chi connectivity index (χ0n) is 5.25. The van der Waals surface area contributed by atoms with Crippen LogP contribution in [0.15, 0.2) is 22.8 Å². The Morgan fingerprint density at radius 2 is 2.60 bits per heavy atom. The SMILES string of the molecule is O=CNN1C=CC(Br)=CC1. The number of amides is 1. The van der Waals surface area contributed by atoms with E-state index >= 15 is 0 Å². The molecule has 1 aliphatic rings. The van der Waals surface area contributed by atoms with Crippen molar-refractivity contribution in [3.05, 3.63) is 22.8 Å². The van der Waals surface area contributed by atoms with Crippen LogP contribution in [-0.2, 0) is 4.79 Å². The highest BCUT2D eigenvalue weighted by molar-refractivity contribution is 9.11. The molecule has 0 aromatic heterocycles. The summed E-state index contributed by atoms with van der Waals surface area (Å²) >= 11 is 3.30. The van der Waals surface area contributed by atoms with E-state index in [0.717, 1.165) is 4.48 Å². The summed E-state index contributed by atoms with van der Waals surface area (Å²) < 4.78 is 1.04. The van der Waals surface area contributed by atoms with Gasteiger partial charge in [-0.25, -0.2) is 0 Å². The minimum atomic E-state index is 0.650. The van der Waals surface area contributed by atoms with E-state index in [9.17, 15) is 4.79 Å². The first-order valence-electron chi connectivity index (χ1n) is 2.83. The predicted octanol–water partition coefficient (Wildman–Crippen LogP) is 0.756. The first kappa shape index (κ1) is 7.34. The Bertz CT molecular complexity index is 188. The van der Waals surface area contributed by atoms with E-state index in [1.807, 2.05) is 12.2 Å². The lowest BCUT2D eigenvalue weighted by Gasteiger charge is -2.18. The summed E-state index contributed by atoms with van der Waals surface area (Å²) in [6.45, 7) is 0.704. The highest BCUT2D eigenvalue weighted by Gasteiger charge is 1.98. The Morgan fingerprint density at radius 1 is 1.80 bits per heavy atom. The molecule has 0 saturated heterocycles. The number of hydrogen-bond donors (Lipinski definition) is 1. The smallest absolute Gasteiger partial charge is 0.225 e. The van der Waals surface area contributed by atoms with Crippen LogP contribution < -0.4 is 5.43 Å². The Kier molecular flexibility index (Phi) is 2.50. The zero-order chi connectivity index (χ0) is 7.40. The molecule has 1 heterocycles. The van der Waals surface area contributed by atoms with E-state index in [0.29, 0.717) is 13.0 Å². The number of hydrogen-bond acceptors (Lipinski definition) is 2. The van der Waals surface area contributed by atoms with Crippen molar-refractivity contribution in [2.45, 2.75) is 0 Å². The molecule has 0 aromatic carbocycles. The zero-order valence-corrected chi connectivity index (χ0v) is 6.84. The molecule has 1 rings (SSSR count). The van der Waals surface area contributed by atoms with Gasteiger partial charge in [-0.15, -0.1) is 0 Å². The van der Waals surface area contributed by atoms with Gasteiger partial charge in [0.25, 0.3) is 0 Å².